The molecule has 3 N–H and O–H groups in total. The summed E-state index contributed by atoms with van der Waals surface area (Å²) in [4.78, 5) is 59.8. The number of carbonyl (C=O) groups excluding carboxylic acids is 3. The Kier molecular flexibility index (Phi) is 17.0. The Morgan fingerprint density at radius 3 is 1.52 bits per heavy atom. The fraction of sp³-hybridized carbons (Fsp3) is 0.269. The molecule has 12 nitrogen and oxygen atoms in total. The van der Waals surface area contributed by atoms with Crippen LogP contribution in [0, 0.1) is 0 Å². The van der Waals surface area contributed by atoms with Crippen LogP contribution in [0.2, 0.25) is 0 Å². The molecule has 2 amide bonds. The van der Waals surface area contributed by atoms with E-state index >= 15 is 0 Å². The second-order valence-electron chi connectivity index (χ2n) is 15.0. The van der Waals surface area contributed by atoms with Crippen molar-refractivity contribution in [2.45, 2.75) is 66.3 Å². The SMILES string of the molecule is C.CCC(=O)N1CCc2cc(-c3ccc(C(=O)CCc4cccnc4)c(OC)c3)ccc21.CCC(=O)N1CCc2cc(-c3ccc(C(=O)O)c(OC)c3)ccc21.NCc1cccnc1. The van der Waals surface area contributed by atoms with Crippen LogP contribution in [0.1, 0.15) is 83.5 Å². The molecule has 6 aromatic rings. The molecule has 8 rings (SSSR count). The first-order valence-corrected chi connectivity index (χ1v) is 21.1. The number of carboxylic acids is 1. The fourth-order valence-corrected chi connectivity index (χ4v) is 7.67. The van der Waals surface area contributed by atoms with E-state index in [1.165, 1.54) is 12.7 Å². The van der Waals surface area contributed by atoms with E-state index < -0.39 is 5.97 Å². The summed E-state index contributed by atoms with van der Waals surface area (Å²) in [6, 6.07) is 30.6. The number of carboxylic acid groups (broad SMARTS) is 1. The van der Waals surface area contributed by atoms with Gasteiger partial charge in [0, 0.05) is 75.1 Å². The van der Waals surface area contributed by atoms with Crippen LogP contribution < -0.4 is 25.0 Å². The first-order chi connectivity index (χ1) is 30.6. The summed E-state index contributed by atoms with van der Waals surface area (Å²) in [5.74, 6) is 0.243. The average Bonchev–Trinajstić information content (AvgIpc) is 3.97. The Morgan fingerprint density at radius 2 is 1.09 bits per heavy atom. The van der Waals surface area contributed by atoms with Gasteiger partial charge in [0.15, 0.2) is 5.78 Å². The highest BCUT2D eigenvalue weighted by Crippen LogP contribution is 2.36. The number of hydrogen-bond donors (Lipinski definition) is 2. The van der Waals surface area contributed by atoms with Gasteiger partial charge in [0.05, 0.1) is 19.8 Å². The summed E-state index contributed by atoms with van der Waals surface area (Å²) in [7, 11) is 3.05. The van der Waals surface area contributed by atoms with Gasteiger partial charge in [-0.3, -0.25) is 24.4 Å². The Hall–Kier alpha value is -7.18. The molecule has 0 radical (unpaired) electrons. The molecule has 0 unspecified atom stereocenters. The summed E-state index contributed by atoms with van der Waals surface area (Å²) < 4.78 is 10.7. The number of amides is 2. The minimum absolute atomic E-state index is 0. The highest BCUT2D eigenvalue weighted by molar-refractivity contribution is 6.00. The van der Waals surface area contributed by atoms with Gasteiger partial charge in [0.25, 0.3) is 0 Å². The molecule has 0 saturated heterocycles. The monoisotopic (exact) mass is 863 g/mol. The number of aromatic carboxylic acids is 1. The average molecular weight is 864 g/mol. The maximum Gasteiger partial charge on any atom is 0.339 e. The van der Waals surface area contributed by atoms with E-state index in [0.717, 1.165) is 69.7 Å². The molecule has 0 fully saturated rings. The standard InChI is InChI=1S/C26H26N2O3.C19H19NO4.C6H8N2.CH4/c1-3-26(30)28-14-12-21-15-19(8-10-23(21)28)20-7-9-22(25(16-20)31-2)24(29)11-6-18-5-4-13-27-17-18;1-3-18(21)20-9-8-14-10-12(5-7-16(14)20)13-4-6-15(19(22)23)17(11-13)24-2;7-4-6-2-1-3-8-5-6;/h4-5,7-10,13,15-17H,3,6,11-12,14H2,1-2H3;4-7,10-11H,3,8-9H2,1-2H3,(H,22,23);1-3,5H,4,7H2;1H4. The number of rotatable bonds is 12. The Bertz CT molecular complexity index is 2560. The number of carbonyl (C=O) groups is 4. The molecule has 4 aromatic carbocycles. The highest BCUT2D eigenvalue weighted by atomic mass is 16.5. The van der Waals surface area contributed by atoms with Crippen molar-refractivity contribution in [3.63, 3.8) is 0 Å². The molecule has 4 heterocycles. The van der Waals surface area contributed by atoms with E-state index in [1.54, 1.807) is 50.1 Å². The first kappa shape index (κ1) is 47.9. The molecular weight excluding hydrogens is 807 g/mol. The predicted molar refractivity (Wildman–Crippen MR) is 252 cm³/mol. The lowest BCUT2D eigenvalue weighted by Gasteiger charge is -2.17. The van der Waals surface area contributed by atoms with Gasteiger partial charge >= 0.3 is 5.97 Å². The number of Topliss-reactive ketones (excluding diaryl/α,β-unsaturated/α-hetero) is 1. The predicted octanol–water partition coefficient (Wildman–Crippen LogP) is 9.41. The van der Waals surface area contributed by atoms with Crippen LogP contribution in [0.4, 0.5) is 11.4 Å². The van der Waals surface area contributed by atoms with Gasteiger partial charge in [0.1, 0.15) is 17.1 Å². The largest absolute Gasteiger partial charge is 0.496 e. The summed E-state index contributed by atoms with van der Waals surface area (Å²) in [5.41, 5.74) is 16.4. The molecule has 0 bridgehead atoms. The lowest BCUT2D eigenvalue weighted by molar-refractivity contribution is -0.119. The molecule has 0 saturated carbocycles. The number of aryl methyl sites for hydroxylation is 1. The number of nitrogens with zero attached hydrogens (tertiary/aromatic N) is 4. The number of hydrogen-bond acceptors (Lipinski definition) is 9. The van der Waals surface area contributed by atoms with Crippen molar-refractivity contribution >= 4 is 34.9 Å². The maximum atomic E-state index is 12.8. The lowest BCUT2D eigenvalue weighted by Crippen LogP contribution is -2.27. The molecule has 2 aliphatic heterocycles. The van der Waals surface area contributed by atoms with Gasteiger partial charge < -0.3 is 30.1 Å². The van der Waals surface area contributed by atoms with E-state index in [9.17, 15) is 24.3 Å². The van der Waals surface area contributed by atoms with E-state index in [4.69, 9.17) is 15.2 Å². The van der Waals surface area contributed by atoms with Gasteiger partial charge in [-0.2, -0.15) is 0 Å². The van der Waals surface area contributed by atoms with Crippen LogP contribution in [-0.2, 0) is 35.4 Å². The molecule has 64 heavy (non-hydrogen) atoms. The zero-order chi connectivity index (χ0) is 44.9. The quantitative estimate of drug-likeness (QED) is 0.113. The molecule has 2 aliphatic rings. The Balaban J connectivity index is 0.000000207. The van der Waals surface area contributed by atoms with Crippen molar-refractivity contribution in [3.05, 3.63) is 155 Å². The van der Waals surface area contributed by atoms with Crippen molar-refractivity contribution in [2.75, 3.05) is 37.1 Å². The normalized spacial score (nSPS) is 12.0. The summed E-state index contributed by atoms with van der Waals surface area (Å²) in [6.45, 7) is 5.78. The van der Waals surface area contributed by atoms with Crippen LogP contribution >= 0.6 is 0 Å². The topological polar surface area (TPSA) is 165 Å². The van der Waals surface area contributed by atoms with Crippen LogP contribution in [-0.4, -0.2) is 66.0 Å². The molecular formula is C52H57N5O7. The van der Waals surface area contributed by atoms with E-state index in [-0.39, 0.29) is 30.6 Å². The number of pyridine rings is 2. The number of aromatic nitrogens is 2. The molecule has 0 atom stereocenters. The number of benzene rings is 4. The fourth-order valence-electron chi connectivity index (χ4n) is 7.67. The zero-order valence-electron chi connectivity index (χ0n) is 36.2. The molecule has 332 valence electrons. The Labute approximate surface area is 375 Å². The molecule has 2 aromatic heterocycles. The van der Waals surface area contributed by atoms with Gasteiger partial charge in [-0.15, -0.1) is 0 Å². The third-order valence-corrected chi connectivity index (χ3v) is 11.1. The van der Waals surface area contributed by atoms with Crippen LogP contribution in [0.3, 0.4) is 0 Å². The minimum atomic E-state index is -1.01. The number of nitrogens with two attached hydrogens (primary N) is 1. The summed E-state index contributed by atoms with van der Waals surface area (Å²) in [6.07, 6.45) is 10.8. The van der Waals surface area contributed by atoms with Gasteiger partial charge in [-0.25, -0.2) is 4.79 Å². The third kappa shape index (κ3) is 11.4. The van der Waals surface area contributed by atoms with E-state index in [1.807, 2.05) is 90.4 Å². The van der Waals surface area contributed by atoms with Gasteiger partial charge in [-0.1, -0.05) is 57.7 Å². The maximum absolute atomic E-state index is 12.8. The van der Waals surface area contributed by atoms with Gasteiger partial charge in [-0.05, 0) is 124 Å². The zero-order valence-corrected chi connectivity index (χ0v) is 36.2. The second-order valence-corrected chi connectivity index (χ2v) is 15.0. The smallest absolute Gasteiger partial charge is 0.339 e. The van der Waals surface area contributed by atoms with Gasteiger partial charge in [0.2, 0.25) is 11.8 Å². The van der Waals surface area contributed by atoms with Crippen molar-refractivity contribution < 1.29 is 33.8 Å². The summed E-state index contributed by atoms with van der Waals surface area (Å²) >= 11 is 0. The molecule has 0 aliphatic carbocycles. The molecule has 12 heteroatoms. The lowest BCUT2D eigenvalue weighted by atomic mass is 9.97. The van der Waals surface area contributed by atoms with Crippen molar-refractivity contribution in [1.29, 1.82) is 0 Å². The van der Waals surface area contributed by atoms with Crippen LogP contribution in [0.5, 0.6) is 11.5 Å². The van der Waals surface area contributed by atoms with Crippen molar-refractivity contribution in [1.82, 2.24) is 9.97 Å². The second kappa shape index (κ2) is 22.8. The molecule has 0 spiro atoms. The number of ether oxygens (including phenoxy) is 2. The van der Waals surface area contributed by atoms with E-state index in [2.05, 4.69) is 22.1 Å². The van der Waals surface area contributed by atoms with Crippen molar-refractivity contribution in [3.8, 4) is 33.8 Å². The van der Waals surface area contributed by atoms with Crippen molar-refractivity contribution in [2.24, 2.45) is 5.73 Å². The number of anilines is 2. The highest BCUT2D eigenvalue weighted by Gasteiger charge is 2.25. The summed E-state index contributed by atoms with van der Waals surface area (Å²) in [5, 5.41) is 9.17. The first-order valence-electron chi connectivity index (χ1n) is 21.1. The number of methoxy groups -OCH3 is 2. The van der Waals surface area contributed by atoms with Crippen LogP contribution in [0.15, 0.2) is 122 Å². The third-order valence-electron chi connectivity index (χ3n) is 11.1. The minimum Gasteiger partial charge on any atom is -0.496 e. The Morgan fingerprint density at radius 1 is 0.641 bits per heavy atom. The van der Waals surface area contributed by atoms with E-state index in [0.29, 0.717) is 55.8 Å². The van der Waals surface area contributed by atoms with Crippen LogP contribution in [0.25, 0.3) is 22.3 Å². The number of ketones is 1. The number of fused-ring (bicyclic) bond motifs is 2.